The van der Waals surface area contributed by atoms with Crippen LogP contribution in [0.2, 0.25) is 0 Å². The van der Waals surface area contributed by atoms with Gasteiger partial charge in [0.2, 0.25) is 0 Å². The number of ether oxygens (including phenoxy) is 1. The number of hydrogen-bond donors (Lipinski definition) is 1. The molecule has 2 nitrogen and oxygen atoms in total. The number of aliphatic hydroxyl groups is 1. The van der Waals surface area contributed by atoms with Crippen molar-refractivity contribution in [1.29, 1.82) is 0 Å². The van der Waals surface area contributed by atoms with Crippen molar-refractivity contribution >= 4 is 0 Å². The average molecular weight is 274 g/mol. The zero-order chi connectivity index (χ0) is 13.8. The zero-order valence-electron chi connectivity index (χ0n) is 12.3. The molecule has 1 unspecified atom stereocenters. The second-order valence-electron chi connectivity index (χ2n) is 6.44. The molecule has 0 amide bonds. The second-order valence-corrected chi connectivity index (χ2v) is 6.44. The lowest BCUT2D eigenvalue weighted by molar-refractivity contribution is 0.166. The lowest BCUT2D eigenvalue weighted by atomic mass is 9.90. The topological polar surface area (TPSA) is 29.5 Å². The van der Waals surface area contributed by atoms with Gasteiger partial charge in [0.05, 0.1) is 12.7 Å². The molecule has 3 rings (SSSR count). The first-order valence-electron chi connectivity index (χ1n) is 8.26. The number of rotatable bonds is 3. The van der Waals surface area contributed by atoms with Crippen LogP contribution in [0.4, 0.5) is 0 Å². The van der Waals surface area contributed by atoms with E-state index in [-0.39, 0.29) is 6.10 Å². The highest BCUT2D eigenvalue weighted by atomic mass is 16.5. The number of benzene rings is 1. The van der Waals surface area contributed by atoms with Crippen LogP contribution in [0.25, 0.3) is 0 Å². The smallest absolute Gasteiger partial charge is 0.119 e. The van der Waals surface area contributed by atoms with Crippen molar-refractivity contribution in [2.24, 2.45) is 5.92 Å². The Morgan fingerprint density at radius 1 is 1.00 bits per heavy atom. The summed E-state index contributed by atoms with van der Waals surface area (Å²) in [6, 6.07) is 6.27. The highest BCUT2D eigenvalue weighted by molar-refractivity contribution is 5.37. The van der Waals surface area contributed by atoms with Crippen LogP contribution in [-0.2, 0) is 6.42 Å². The normalized spacial score (nSPS) is 23.9. The summed E-state index contributed by atoms with van der Waals surface area (Å²) in [4.78, 5) is 0. The molecule has 2 aliphatic rings. The fourth-order valence-electron chi connectivity index (χ4n) is 3.59. The van der Waals surface area contributed by atoms with E-state index in [0.717, 1.165) is 43.1 Å². The van der Waals surface area contributed by atoms with E-state index in [1.54, 1.807) is 0 Å². The molecular weight excluding hydrogens is 248 g/mol. The van der Waals surface area contributed by atoms with Gasteiger partial charge in [-0.2, -0.15) is 0 Å². The van der Waals surface area contributed by atoms with Crippen molar-refractivity contribution in [2.45, 2.75) is 63.9 Å². The molecule has 1 saturated carbocycles. The van der Waals surface area contributed by atoms with Crippen molar-refractivity contribution in [2.75, 3.05) is 6.61 Å². The highest BCUT2D eigenvalue weighted by Gasteiger charge is 2.18. The maximum atomic E-state index is 10.1. The van der Waals surface area contributed by atoms with Crippen molar-refractivity contribution in [3.05, 3.63) is 29.3 Å². The Morgan fingerprint density at radius 2 is 1.80 bits per heavy atom. The van der Waals surface area contributed by atoms with Crippen LogP contribution in [0, 0.1) is 5.92 Å². The average Bonchev–Trinajstić information content (AvgIpc) is 2.68. The second kappa shape index (κ2) is 6.62. The lowest BCUT2D eigenvalue weighted by Crippen LogP contribution is -2.15. The van der Waals surface area contributed by atoms with Crippen LogP contribution in [-0.4, -0.2) is 11.7 Å². The molecule has 1 aromatic rings. The molecule has 0 spiro atoms. The Balaban J connectivity index is 1.64. The van der Waals surface area contributed by atoms with Gasteiger partial charge < -0.3 is 9.84 Å². The van der Waals surface area contributed by atoms with Crippen LogP contribution < -0.4 is 4.74 Å². The zero-order valence-corrected chi connectivity index (χ0v) is 12.3. The predicted octanol–water partition coefficient (Wildman–Crippen LogP) is 4.41. The van der Waals surface area contributed by atoms with Gasteiger partial charge >= 0.3 is 0 Å². The summed E-state index contributed by atoms with van der Waals surface area (Å²) in [6.07, 6.45) is 10.8. The lowest BCUT2D eigenvalue weighted by Gasteiger charge is -2.22. The van der Waals surface area contributed by atoms with Gasteiger partial charge in [0.25, 0.3) is 0 Å². The van der Waals surface area contributed by atoms with E-state index in [9.17, 15) is 5.11 Å². The Hall–Kier alpha value is -1.02. The quantitative estimate of drug-likeness (QED) is 0.827. The molecule has 0 saturated heterocycles. The van der Waals surface area contributed by atoms with Crippen LogP contribution in [0.5, 0.6) is 5.75 Å². The monoisotopic (exact) mass is 274 g/mol. The summed E-state index contributed by atoms with van der Waals surface area (Å²) in [5, 5.41) is 10.1. The third kappa shape index (κ3) is 3.35. The minimum absolute atomic E-state index is 0.278. The summed E-state index contributed by atoms with van der Waals surface area (Å²) < 4.78 is 6.01. The van der Waals surface area contributed by atoms with Crippen molar-refractivity contribution in [3.8, 4) is 5.75 Å². The fourth-order valence-corrected chi connectivity index (χ4v) is 3.59. The van der Waals surface area contributed by atoms with Gasteiger partial charge in [-0.15, -0.1) is 0 Å². The SMILES string of the molecule is OC1CCCCc2cc(OCC3CCCCC3)ccc21. The number of hydrogen-bond acceptors (Lipinski definition) is 2. The van der Waals surface area contributed by atoms with E-state index in [4.69, 9.17) is 4.74 Å². The maximum absolute atomic E-state index is 10.1. The molecule has 1 aromatic carbocycles. The third-order valence-electron chi connectivity index (χ3n) is 4.86. The molecule has 2 aliphatic carbocycles. The van der Waals surface area contributed by atoms with Gasteiger partial charge in [-0.3, -0.25) is 0 Å². The van der Waals surface area contributed by atoms with Crippen LogP contribution in [0.3, 0.4) is 0 Å². The largest absolute Gasteiger partial charge is 0.493 e. The fraction of sp³-hybridized carbons (Fsp3) is 0.667. The first-order chi connectivity index (χ1) is 9.83. The van der Waals surface area contributed by atoms with E-state index in [1.807, 2.05) is 6.07 Å². The van der Waals surface area contributed by atoms with E-state index in [2.05, 4.69) is 12.1 Å². The minimum Gasteiger partial charge on any atom is -0.493 e. The van der Waals surface area contributed by atoms with Gasteiger partial charge in [-0.25, -0.2) is 0 Å². The van der Waals surface area contributed by atoms with Crippen LogP contribution >= 0.6 is 0 Å². The summed E-state index contributed by atoms with van der Waals surface area (Å²) in [6.45, 7) is 0.862. The minimum atomic E-state index is -0.278. The third-order valence-corrected chi connectivity index (χ3v) is 4.86. The first kappa shape index (κ1) is 13.9. The van der Waals surface area contributed by atoms with Gasteiger partial charge in [0, 0.05) is 0 Å². The molecule has 0 heterocycles. The summed E-state index contributed by atoms with van der Waals surface area (Å²) in [5.41, 5.74) is 2.41. The van der Waals surface area contributed by atoms with Crippen LogP contribution in [0.1, 0.15) is 68.6 Å². The summed E-state index contributed by atoms with van der Waals surface area (Å²) in [5.74, 6) is 1.73. The highest BCUT2D eigenvalue weighted by Crippen LogP contribution is 2.31. The van der Waals surface area contributed by atoms with Gasteiger partial charge in [-0.1, -0.05) is 31.7 Å². The van der Waals surface area contributed by atoms with Crippen molar-refractivity contribution < 1.29 is 9.84 Å². The van der Waals surface area contributed by atoms with Crippen molar-refractivity contribution in [1.82, 2.24) is 0 Å². The summed E-state index contributed by atoms with van der Waals surface area (Å²) >= 11 is 0. The summed E-state index contributed by atoms with van der Waals surface area (Å²) in [7, 11) is 0. The van der Waals surface area contributed by atoms with E-state index in [1.165, 1.54) is 44.1 Å². The molecular formula is C18H26O2. The Labute approximate surface area is 122 Å². The Kier molecular flexibility index (Phi) is 4.62. The molecule has 1 atom stereocenters. The molecule has 110 valence electrons. The predicted molar refractivity (Wildman–Crippen MR) is 81.0 cm³/mol. The molecule has 1 N–H and O–H groups in total. The van der Waals surface area contributed by atoms with Crippen molar-refractivity contribution in [3.63, 3.8) is 0 Å². The standard InChI is InChI=1S/C18H26O2/c19-18-9-5-4-8-15-12-16(10-11-17(15)18)20-13-14-6-2-1-3-7-14/h10-12,14,18-19H,1-9,13H2. The molecule has 20 heavy (non-hydrogen) atoms. The van der Waals surface area contributed by atoms with E-state index >= 15 is 0 Å². The Bertz CT molecular complexity index is 435. The molecule has 0 aliphatic heterocycles. The van der Waals surface area contributed by atoms with Crippen LogP contribution in [0.15, 0.2) is 18.2 Å². The van der Waals surface area contributed by atoms with Gasteiger partial charge in [0.1, 0.15) is 5.75 Å². The maximum Gasteiger partial charge on any atom is 0.119 e. The van der Waals surface area contributed by atoms with Gasteiger partial charge in [0.15, 0.2) is 0 Å². The molecule has 2 heteroatoms. The Morgan fingerprint density at radius 3 is 2.65 bits per heavy atom. The number of aliphatic hydroxyl groups excluding tert-OH is 1. The number of fused-ring (bicyclic) bond motifs is 1. The van der Waals surface area contributed by atoms with E-state index < -0.39 is 0 Å². The van der Waals surface area contributed by atoms with Gasteiger partial charge in [-0.05, 0) is 61.3 Å². The number of aryl methyl sites for hydroxylation is 1. The molecule has 0 bridgehead atoms. The molecule has 0 aromatic heterocycles. The molecule has 1 fully saturated rings. The first-order valence-corrected chi connectivity index (χ1v) is 8.26. The van der Waals surface area contributed by atoms with E-state index in [0.29, 0.717) is 0 Å². The molecule has 0 radical (unpaired) electrons.